The number of amides is 1. The number of hydrogen-bond acceptors (Lipinski definition) is 3. The summed E-state index contributed by atoms with van der Waals surface area (Å²) in [6.07, 6.45) is -1.31. The molecule has 0 saturated heterocycles. The Bertz CT molecular complexity index is 622. The lowest BCUT2D eigenvalue weighted by Crippen LogP contribution is -2.28. The zero-order valence-electron chi connectivity index (χ0n) is 11.2. The van der Waals surface area contributed by atoms with E-state index in [1.807, 2.05) is 0 Å². The Labute approximate surface area is 118 Å². The first kappa shape index (κ1) is 15.0. The van der Waals surface area contributed by atoms with E-state index < -0.39 is 17.8 Å². The highest BCUT2D eigenvalue weighted by Gasteiger charge is 2.34. The van der Waals surface area contributed by atoms with Gasteiger partial charge in [-0.25, -0.2) is 0 Å². The van der Waals surface area contributed by atoms with Crippen LogP contribution in [0.25, 0.3) is 0 Å². The van der Waals surface area contributed by atoms with Crippen LogP contribution < -0.4 is 5.32 Å². The number of alkyl halides is 3. The van der Waals surface area contributed by atoms with E-state index in [-0.39, 0.29) is 18.8 Å². The van der Waals surface area contributed by atoms with Gasteiger partial charge in [-0.2, -0.15) is 18.3 Å². The highest BCUT2D eigenvalue weighted by molar-refractivity contribution is 5.75. The molecule has 0 saturated carbocycles. The topological polar surface area (TPSA) is 59.8 Å². The lowest BCUT2D eigenvalue weighted by atomic mass is 10.3. The van der Waals surface area contributed by atoms with Crippen LogP contribution in [0.5, 0.6) is 0 Å². The second-order valence-corrected chi connectivity index (χ2v) is 4.46. The molecule has 2 aromatic rings. The van der Waals surface area contributed by atoms with Gasteiger partial charge in [0.25, 0.3) is 0 Å². The number of rotatable bonds is 4. The summed E-state index contributed by atoms with van der Waals surface area (Å²) in [5, 5.41) is 6.00. The molecule has 0 aliphatic carbocycles. The minimum atomic E-state index is -4.51. The first-order chi connectivity index (χ1) is 9.86. The van der Waals surface area contributed by atoms with Crippen LogP contribution in [0.3, 0.4) is 0 Å². The molecule has 2 aromatic heterocycles. The number of pyridine rings is 1. The van der Waals surface area contributed by atoms with Crippen LogP contribution in [0.2, 0.25) is 0 Å². The van der Waals surface area contributed by atoms with E-state index >= 15 is 0 Å². The van der Waals surface area contributed by atoms with Gasteiger partial charge in [0.1, 0.15) is 6.54 Å². The molecule has 0 aliphatic rings. The summed E-state index contributed by atoms with van der Waals surface area (Å²) in [6.45, 7) is 1.47. The quantitative estimate of drug-likeness (QED) is 0.938. The molecule has 8 heteroatoms. The predicted octanol–water partition coefficient (Wildman–Crippen LogP) is 1.92. The summed E-state index contributed by atoms with van der Waals surface area (Å²) >= 11 is 0. The van der Waals surface area contributed by atoms with Crippen LogP contribution in [0.1, 0.15) is 17.0 Å². The molecule has 0 spiro atoms. The third-order valence-corrected chi connectivity index (χ3v) is 2.78. The molecule has 0 bridgehead atoms. The van der Waals surface area contributed by atoms with Crippen molar-refractivity contribution < 1.29 is 18.0 Å². The molecule has 2 heterocycles. The predicted molar refractivity (Wildman–Crippen MR) is 68.0 cm³/mol. The van der Waals surface area contributed by atoms with Gasteiger partial charge in [0.2, 0.25) is 5.91 Å². The summed E-state index contributed by atoms with van der Waals surface area (Å²) in [5.41, 5.74) is 0.0814. The minimum absolute atomic E-state index is 0.262. The molecular weight excluding hydrogens is 285 g/mol. The van der Waals surface area contributed by atoms with Crippen molar-refractivity contribution in [2.75, 3.05) is 0 Å². The maximum atomic E-state index is 12.5. The van der Waals surface area contributed by atoms with Crippen molar-refractivity contribution in [3.63, 3.8) is 0 Å². The van der Waals surface area contributed by atoms with Gasteiger partial charge in [0, 0.05) is 24.6 Å². The number of halogens is 3. The molecule has 21 heavy (non-hydrogen) atoms. The highest BCUT2D eigenvalue weighted by atomic mass is 19.4. The third kappa shape index (κ3) is 4.04. The Balaban J connectivity index is 1.95. The fraction of sp³-hybridized carbons (Fsp3) is 0.308. The largest absolute Gasteiger partial charge is 0.435 e. The average molecular weight is 298 g/mol. The second kappa shape index (κ2) is 5.94. The van der Waals surface area contributed by atoms with Gasteiger partial charge in [-0.05, 0) is 24.6 Å². The fourth-order valence-electron chi connectivity index (χ4n) is 1.70. The van der Waals surface area contributed by atoms with Gasteiger partial charge in [0.05, 0.1) is 0 Å². The van der Waals surface area contributed by atoms with Crippen molar-refractivity contribution in [2.24, 2.45) is 0 Å². The summed E-state index contributed by atoms with van der Waals surface area (Å²) < 4.78 is 38.5. The molecule has 1 N–H and O–H groups in total. The van der Waals surface area contributed by atoms with E-state index in [1.165, 1.54) is 6.92 Å². The van der Waals surface area contributed by atoms with E-state index in [4.69, 9.17) is 0 Å². The third-order valence-electron chi connectivity index (χ3n) is 2.78. The van der Waals surface area contributed by atoms with Crippen LogP contribution in [0, 0.1) is 6.92 Å². The highest BCUT2D eigenvalue weighted by Crippen LogP contribution is 2.28. The van der Waals surface area contributed by atoms with Gasteiger partial charge < -0.3 is 5.32 Å². The fourth-order valence-corrected chi connectivity index (χ4v) is 1.70. The van der Waals surface area contributed by atoms with Crippen LogP contribution in [-0.4, -0.2) is 20.7 Å². The van der Waals surface area contributed by atoms with Crippen LogP contribution >= 0.6 is 0 Å². The van der Waals surface area contributed by atoms with Crippen LogP contribution in [-0.2, 0) is 24.1 Å². The number of nitrogens with zero attached hydrogens (tertiary/aromatic N) is 3. The number of carbonyl (C=O) groups excluding carboxylic acids is 1. The smallest absolute Gasteiger partial charge is 0.350 e. The lowest BCUT2D eigenvalue weighted by Gasteiger charge is -2.06. The molecule has 0 unspecified atom stereocenters. The molecule has 0 aliphatic heterocycles. The van der Waals surface area contributed by atoms with Crippen LogP contribution in [0.4, 0.5) is 13.2 Å². The van der Waals surface area contributed by atoms with Crippen LogP contribution in [0.15, 0.2) is 30.6 Å². The van der Waals surface area contributed by atoms with Crippen molar-refractivity contribution in [1.82, 2.24) is 20.1 Å². The van der Waals surface area contributed by atoms with Gasteiger partial charge in [-0.1, -0.05) is 6.07 Å². The second-order valence-electron chi connectivity index (χ2n) is 4.46. The summed E-state index contributed by atoms with van der Waals surface area (Å²) in [4.78, 5) is 15.6. The Morgan fingerprint density at radius 1 is 1.43 bits per heavy atom. The number of hydrogen-bond donors (Lipinski definition) is 1. The number of aromatic nitrogens is 3. The molecule has 0 radical (unpaired) electrons. The van der Waals surface area contributed by atoms with Crippen molar-refractivity contribution in [1.29, 1.82) is 0 Å². The summed E-state index contributed by atoms with van der Waals surface area (Å²) in [7, 11) is 0. The Hall–Kier alpha value is -2.38. The molecule has 0 fully saturated rings. The van der Waals surface area contributed by atoms with Crippen molar-refractivity contribution >= 4 is 5.91 Å². The van der Waals surface area contributed by atoms with Gasteiger partial charge >= 0.3 is 6.18 Å². The Kier molecular flexibility index (Phi) is 4.25. The summed E-state index contributed by atoms with van der Waals surface area (Å²) in [5.74, 6) is -0.418. The number of carbonyl (C=O) groups is 1. The van der Waals surface area contributed by atoms with E-state index in [0.717, 1.165) is 16.3 Å². The average Bonchev–Trinajstić information content (AvgIpc) is 2.79. The zero-order chi connectivity index (χ0) is 15.5. The maximum absolute atomic E-state index is 12.5. The maximum Gasteiger partial charge on any atom is 0.435 e. The SMILES string of the molecule is Cc1cc(C(F)(F)F)nn1CC(=O)NCc1cccnc1. The minimum Gasteiger partial charge on any atom is -0.350 e. The molecular formula is C13H13F3N4O. The van der Waals surface area contributed by atoms with E-state index in [1.54, 1.807) is 24.5 Å². The molecule has 1 amide bonds. The van der Waals surface area contributed by atoms with Crippen molar-refractivity contribution in [3.8, 4) is 0 Å². The zero-order valence-corrected chi connectivity index (χ0v) is 11.2. The monoisotopic (exact) mass is 298 g/mol. The normalized spacial score (nSPS) is 11.4. The van der Waals surface area contributed by atoms with E-state index in [2.05, 4.69) is 15.4 Å². The molecule has 0 aromatic carbocycles. The Morgan fingerprint density at radius 3 is 2.76 bits per heavy atom. The molecule has 0 atom stereocenters. The van der Waals surface area contributed by atoms with Crippen molar-refractivity contribution in [2.45, 2.75) is 26.2 Å². The number of nitrogens with one attached hydrogen (secondary N) is 1. The molecule has 5 nitrogen and oxygen atoms in total. The van der Waals surface area contributed by atoms with Gasteiger partial charge in [-0.3, -0.25) is 14.5 Å². The first-order valence-corrected chi connectivity index (χ1v) is 6.13. The lowest BCUT2D eigenvalue weighted by molar-refractivity contribution is -0.141. The Morgan fingerprint density at radius 2 is 2.19 bits per heavy atom. The van der Waals surface area contributed by atoms with Gasteiger partial charge in [0.15, 0.2) is 5.69 Å². The number of aryl methyl sites for hydroxylation is 1. The standard InChI is InChI=1S/C13H13F3N4O/c1-9-5-11(13(14,15)16)19-20(9)8-12(21)18-7-10-3-2-4-17-6-10/h2-6H,7-8H2,1H3,(H,18,21). The van der Waals surface area contributed by atoms with E-state index in [9.17, 15) is 18.0 Å². The van der Waals surface area contributed by atoms with Gasteiger partial charge in [-0.15, -0.1) is 0 Å². The van der Waals surface area contributed by atoms with E-state index in [0.29, 0.717) is 0 Å². The summed E-state index contributed by atoms with van der Waals surface area (Å²) in [6, 6.07) is 4.43. The van der Waals surface area contributed by atoms with Crippen molar-refractivity contribution in [3.05, 3.63) is 47.5 Å². The first-order valence-electron chi connectivity index (χ1n) is 6.13. The molecule has 2 rings (SSSR count). The molecule has 112 valence electrons.